The number of pyridine rings is 1. The molecule has 30 heavy (non-hydrogen) atoms. The number of carbonyl (C=O) groups is 1. The second-order valence-electron chi connectivity index (χ2n) is 7.98. The molecule has 1 aliphatic carbocycles. The van der Waals surface area contributed by atoms with Crippen LogP contribution in [-0.2, 0) is 11.3 Å². The van der Waals surface area contributed by atoms with Crippen LogP contribution in [0.5, 0.6) is 0 Å². The van der Waals surface area contributed by atoms with E-state index in [1.807, 2.05) is 23.2 Å². The molecule has 1 aromatic carbocycles. The summed E-state index contributed by atoms with van der Waals surface area (Å²) in [6.45, 7) is 2.24. The van der Waals surface area contributed by atoms with Gasteiger partial charge in [0.15, 0.2) is 0 Å². The van der Waals surface area contributed by atoms with Crippen molar-refractivity contribution in [2.75, 3.05) is 19.7 Å². The Hall–Kier alpha value is -2.84. The minimum Gasteiger partial charge on any atom is -0.370 e. The third kappa shape index (κ3) is 4.34. The van der Waals surface area contributed by atoms with Gasteiger partial charge in [-0.3, -0.25) is 19.9 Å². The number of morpholine rings is 1. The molecule has 1 saturated carbocycles. The normalized spacial score (nSPS) is 24.0. The van der Waals surface area contributed by atoms with Crippen molar-refractivity contribution >= 4 is 11.6 Å². The number of nitrogens with one attached hydrogen (secondary N) is 1. The standard InChI is InChI=1S/C22H26N4O4/c27-21(18-6-8-19(9-7-18)26(28)29)25-12-13-30-22(16-25)10-2-1-5-20(22)24-15-17-4-3-11-23-14-17/h3-4,6-9,11,14,20,24H,1-2,5,10,12-13,15-16H2/t20-,22-/m0/s1. The Morgan fingerprint density at radius 1 is 1.30 bits per heavy atom. The molecule has 1 aliphatic heterocycles. The van der Waals surface area contributed by atoms with E-state index in [-0.39, 0.29) is 17.6 Å². The van der Waals surface area contributed by atoms with E-state index in [1.165, 1.54) is 24.3 Å². The van der Waals surface area contributed by atoms with Crippen LogP contribution in [0, 0.1) is 10.1 Å². The Labute approximate surface area is 175 Å². The molecule has 0 bridgehead atoms. The molecule has 1 aromatic heterocycles. The maximum absolute atomic E-state index is 13.1. The van der Waals surface area contributed by atoms with E-state index in [2.05, 4.69) is 10.3 Å². The van der Waals surface area contributed by atoms with Crippen LogP contribution in [0.3, 0.4) is 0 Å². The number of nitro groups is 1. The fourth-order valence-electron chi connectivity index (χ4n) is 4.49. The highest BCUT2D eigenvalue weighted by atomic mass is 16.6. The summed E-state index contributed by atoms with van der Waals surface area (Å²) in [6.07, 6.45) is 7.73. The molecule has 158 valence electrons. The lowest BCUT2D eigenvalue weighted by molar-refractivity contribution is -0.384. The molecule has 2 aliphatic rings. The third-order valence-electron chi connectivity index (χ3n) is 6.07. The van der Waals surface area contributed by atoms with Crippen LogP contribution in [0.25, 0.3) is 0 Å². The Balaban J connectivity index is 1.47. The van der Waals surface area contributed by atoms with Crippen LogP contribution in [0.1, 0.15) is 41.6 Å². The van der Waals surface area contributed by atoms with Crippen molar-refractivity contribution in [2.45, 2.75) is 43.9 Å². The minimum atomic E-state index is -0.460. The molecule has 1 spiro atoms. The molecule has 0 radical (unpaired) electrons. The zero-order valence-corrected chi connectivity index (χ0v) is 16.8. The van der Waals surface area contributed by atoms with Crippen molar-refractivity contribution in [3.8, 4) is 0 Å². The third-order valence-corrected chi connectivity index (χ3v) is 6.07. The van der Waals surface area contributed by atoms with Crippen molar-refractivity contribution in [1.29, 1.82) is 0 Å². The predicted molar refractivity (Wildman–Crippen MR) is 111 cm³/mol. The average molecular weight is 410 g/mol. The molecule has 2 aromatic rings. The van der Waals surface area contributed by atoms with E-state index in [4.69, 9.17) is 4.74 Å². The molecular weight excluding hydrogens is 384 g/mol. The summed E-state index contributed by atoms with van der Waals surface area (Å²) in [5.74, 6) is -0.107. The first kappa shape index (κ1) is 20.4. The zero-order valence-electron chi connectivity index (χ0n) is 16.8. The lowest BCUT2D eigenvalue weighted by Gasteiger charge is -2.49. The van der Waals surface area contributed by atoms with Crippen LogP contribution in [0.4, 0.5) is 5.69 Å². The fraction of sp³-hybridized carbons (Fsp3) is 0.455. The Kier molecular flexibility index (Phi) is 6.06. The molecule has 4 rings (SSSR count). The Morgan fingerprint density at radius 2 is 2.13 bits per heavy atom. The van der Waals surface area contributed by atoms with E-state index in [0.29, 0.717) is 31.8 Å². The predicted octanol–water partition coefficient (Wildman–Crippen LogP) is 2.93. The van der Waals surface area contributed by atoms with E-state index >= 15 is 0 Å². The quantitative estimate of drug-likeness (QED) is 0.601. The summed E-state index contributed by atoms with van der Waals surface area (Å²) < 4.78 is 6.31. The topological polar surface area (TPSA) is 97.6 Å². The van der Waals surface area contributed by atoms with Gasteiger partial charge in [-0.1, -0.05) is 18.9 Å². The molecule has 2 fully saturated rings. The number of non-ortho nitro benzene ring substituents is 1. The van der Waals surface area contributed by atoms with Crippen molar-refractivity contribution in [3.05, 3.63) is 70.0 Å². The second kappa shape index (κ2) is 8.89. The monoisotopic (exact) mass is 410 g/mol. The van der Waals surface area contributed by atoms with Gasteiger partial charge in [0.05, 0.1) is 18.1 Å². The summed E-state index contributed by atoms with van der Waals surface area (Å²) in [7, 11) is 0. The number of nitro benzene ring substituents is 1. The fourth-order valence-corrected chi connectivity index (χ4v) is 4.49. The summed E-state index contributed by atoms with van der Waals surface area (Å²) in [5.41, 5.74) is 1.16. The number of carbonyl (C=O) groups excluding carboxylic acids is 1. The largest absolute Gasteiger partial charge is 0.370 e. The van der Waals surface area contributed by atoms with Gasteiger partial charge >= 0.3 is 0 Å². The maximum atomic E-state index is 13.1. The smallest absolute Gasteiger partial charge is 0.269 e. The maximum Gasteiger partial charge on any atom is 0.269 e. The number of hydrogen-bond donors (Lipinski definition) is 1. The van der Waals surface area contributed by atoms with Crippen LogP contribution in [0.15, 0.2) is 48.8 Å². The van der Waals surface area contributed by atoms with Gasteiger partial charge in [0.1, 0.15) is 5.60 Å². The molecule has 1 amide bonds. The lowest BCUT2D eigenvalue weighted by atomic mass is 9.78. The molecular formula is C22H26N4O4. The number of ether oxygens (including phenoxy) is 1. The number of hydrogen-bond acceptors (Lipinski definition) is 6. The van der Waals surface area contributed by atoms with E-state index in [1.54, 1.807) is 6.20 Å². The van der Waals surface area contributed by atoms with Crippen LogP contribution >= 0.6 is 0 Å². The van der Waals surface area contributed by atoms with Crippen LogP contribution < -0.4 is 5.32 Å². The lowest BCUT2D eigenvalue weighted by Crippen LogP contribution is -2.64. The van der Waals surface area contributed by atoms with Crippen molar-refractivity contribution in [2.24, 2.45) is 0 Å². The summed E-state index contributed by atoms with van der Waals surface area (Å²) in [5, 5.41) is 14.5. The van der Waals surface area contributed by atoms with E-state index in [9.17, 15) is 14.9 Å². The Bertz CT molecular complexity index is 886. The average Bonchev–Trinajstić information content (AvgIpc) is 2.79. The van der Waals surface area contributed by atoms with Crippen LogP contribution in [0.2, 0.25) is 0 Å². The molecule has 2 atom stereocenters. The van der Waals surface area contributed by atoms with E-state index < -0.39 is 10.5 Å². The number of nitrogens with zero attached hydrogens (tertiary/aromatic N) is 3. The summed E-state index contributed by atoms with van der Waals surface area (Å²) >= 11 is 0. The van der Waals surface area contributed by atoms with Gasteiger partial charge in [0.2, 0.25) is 0 Å². The van der Waals surface area contributed by atoms with Crippen molar-refractivity contribution in [3.63, 3.8) is 0 Å². The first-order chi connectivity index (χ1) is 14.6. The number of aromatic nitrogens is 1. The molecule has 0 unspecified atom stereocenters. The van der Waals surface area contributed by atoms with Gasteiger partial charge in [-0.2, -0.15) is 0 Å². The molecule has 8 nitrogen and oxygen atoms in total. The number of benzene rings is 1. The van der Waals surface area contributed by atoms with Crippen molar-refractivity contribution < 1.29 is 14.5 Å². The number of rotatable bonds is 5. The minimum absolute atomic E-state index is 0.0167. The van der Waals surface area contributed by atoms with Gasteiger partial charge in [0, 0.05) is 49.2 Å². The highest BCUT2D eigenvalue weighted by Crippen LogP contribution is 2.35. The SMILES string of the molecule is O=C(c1ccc([N+](=O)[O-])cc1)N1CCO[C@@]2(CCCC[C@@H]2NCc2cccnc2)C1. The van der Waals surface area contributed by atoms with Gasteiger partial charge in [-0.15, -0.1) is 0 Å². The van der Waals surface area contributed by atoms with Crippen LogP contribution in [-0.4, -0.2) is 52.1 Å². The van der Waals surface area contributed by atoms with Crippen molar-refractivity contribution in [1.82, 2.24) is 15.2 Å². The highest BCUT2D eigenvalue weighted by Gasteiger charge is 2.46. The highest BCUT2D eigenvalue weighted by molar-refractivity contribution is 5.94. The van der Waals surface area contributed by atoms with Gasteiger partial charge in [-0.25, -0.2) is 0 Å². The number of amides is 1. The molecule has 1 N–H and O–H groups in total. The first-order valence-corrected chi connectivity index (χ1v) is 10.4. The first-order valence-electron chi connectivity index (χ1n) is 10.4. The second-order valence-corrected chi connectivity index (χ2v) is 7.98. The molecule has 8 heteroatoms. The van der Waals surface area contributed by atoms with Gasteiger partial charge in [0.25, 0.3) is 11.6 Å². The van der Waals surface area contributed by atoms with Gasteiger partial charge in [-0.05, 0) is 36.6 Å². The van der Waals surface area contributed by atoms with Gasteiger partial charge < -0.3 is 15.0 Å². The molecule has 2 heterocycles. The zero-order chi connectivity index (χ0) is 21.0. The summed E-state index contributed by atoms with van der Waals surface area (Å²) in [6, 6.07) is 9.93. The summed E-state index contributed by atoms with van der Waals surface area (Å²) in [4.78, 5) is 29.5. The van der Waals surface area contributed by atoms with E-state index in [0.717, 1.165) is 31.2 Å². The Morgan fingerprint density at radius 3 is 2.87 bits per heavy atom. The molecule has 1 saturated heterocycles.